The molecule has 1 aliphatic heterocycles. The van der Waals surface area contributed by atoms with Crippen LogP contribution in [0.5, 0.6) is 0 Å². The molecule has 0 aromatic heterocycles. The maximum atomic E-state index is 10.9. The van der Waals surface area contributed by atoms with Gasteiger partial charge in [0.2, 0.25) is 0 Å². The van der Waals surface area contributed by atoms with E-state index >= 15 is 0 Å². The van der Waals surface area contributed by atoms with Gasteiger partial charge in [-0.15, -0.1) is 0 Å². The second-order valence-corrected chi connectivity index (χ2v) is 3.96. The molecule has 5 nitrogen and oxygen atoms in total. The maximum absolute atomic E-state index is 10.9. The van der Waals surface area contributed by atoms with Crippen LogP contribution in [-0.2, 0) is 14.3 Å². The first-order valence-electron chi connectivity index (χ1n) is 5.80. The molecule has 0 aliphatic carbocycles. The van der Waals surface area contributed by atoms with E-state index in [1.165, 1.54) is 0 Å². The van der Waals surface area contributed by atoms with Crippen molar-refractivity contribution < 1.29 is 19.4 Å². The Kier molecular flexibility index (Phi) is 5.18. The molecule has 0 unspecified atom stereocenters. The third kappa shape index (κ3) is 3.17. The molecule has 1 saturated heterocycles. The summed E-state index contributed by atoms with van der Waals surface area (Å²) in [6.45, 7) is 8.09. The van der Waals surface area contributed by atoms with Gasteiger partial charge in [0.15, 0.2) is 0 Å². The van der Waals surface area contributed by atoms with Crippen LogP contribution in [0.15, 0.2) is 0 Å². The van der Waals surface area contributed by atoms with Gasteiger partial charge in [-0.25, -0.2) is 0 Å². The number of rotatable bonds is 6. The molecule has 5 heteroatoms. The molecule has 0 radical (unpaired) electrons. The summed E-state index contributed by atoms with van der Waals surface area (Å²) in [6.07, 6.45) is -0.0153. The van der Waals surface area contributed by atoms with E-state index in [0.717, 1.165) is 0 Å². The van der Waals surface area contributed by atoms with Gasteiger partial charge >= 0.3 is 5.97 Å². The van der Waals surface area contributed by atoms with Gasteiger partial charge in [-0.1, -0.05) is 0 Å². The number of aliphatic carboxylic acids is 1. The van der Waals surface area contributed by atoms with Gasteiger partial charge < -0.3 is 14.6 Å². The van der Waals surface area contributed by atoms with E-state index in [2.05, 4.69) is 0 Å². The smallest absolute Gasteiger partial charge is 0.320 e. The average molecular weight is 231 g/mol. The van der Waals surface area contributed by atoms with E-state index in [-0.39, 0.29) is 12.2 Å². The van der Waals surface area contributed by atoms with E-state index in [1.54, 1.807) is 6.92 Å². The number of hydrogen-bond acceptors (Lipinski definition) is 4. The minimum Gasteiger partial charge on any atom is -0.480 e. The Hall–Kier alpha value is -0.650. The molecule has 1 aliphatic rings. The van der Waals surface area contributed by atoms with Crippen LogP contribution < -0.4 is 0 Å². The lowest BCUT2D eigenvalue weighted by Crippen LogP contribution is -2.38. The summed E-state index contributed by atoms with van der Waals surface area (Å²) in [5, 5.41) is 8.95. The maximum Gasteiger partial charge on any atom is 0.320 e. The fourth-order valence-electron chi connectivity index (χ4n) is 1.99. The van der Waals surface area contributed by atoms with Crippen molar-refractivity contribution in [2.75, 3.05) is 26.3 Å². The molecule has 1 rings (SSSR count). The molecule has 1 heterocycles. The van der Waals surface area contributed by atoms with Gasteiger partial charge in [-0.05, 0) is 20.8 Å². The third-order valence-electron chi connectivity index (χ3n) is 2.91. The molecule has 1 N–H and O–H groups in total. The van der Waals surface area contributed by atoms with Crippen LogP contribution in [0.2, 0.25) is 0 Å². The molecule has 0 bridgehead atoms. The summed E-state index contributed by atoms with van der Waals surface area (Å²) in [5.74, 6) is -0.799. The van der Waals surface area contributed by atoms with Crippen molar-refractivity contribution in [1.29, 1.82) is 0 Å². The number of likely N-dealkylation sites (tertiary alicyclic amines) is 1. The highest BCUT2D eigenvalue weighted by Gasteiger charge is 2.37. The van der Waals surface area contributed by atoms with Crippen LogP contribution in [0.3, 0.4) is 0 Å². The predicted molar refractivity (Wildman–Crippen MR) is 59.5 cm³/mol. The number of carboxylic acids is 1. The highest BCUT2D eigenvalue weighted by Crippen LogP contribution is 2.19. The van der Waals surface area contributed by atoms with Crippen LogP contribution in [0.25, 0.3) is 0 Å². The van der Waals surface area contributed by atoms with E-state index in [9.17, 15) is 4.79 Å². The topological polar surface area (TPSA) is 59.0 Å². The zero-order valence-electron chi connectivity index (χ0n) is 10.2. The molecule has 16 heavy (non-hydrogen) atoms. The molecule has 0 aromatic rings. The Morgan fingerprint density at radius 3 is 2.06 bits per heavy atom. The zero-order valence-corrected chi connectivity index (χ0v) is 10.2. The summed E-state index contributed by atoms with van der Waals surface area (Å²) in [6, 6.07) is -0.478. The van der Waals surface area contributed by atoms with Crippen molar-refractivity contribution in [3.8, 4) is 0 Å². The van der Waals surface area contributed by atoms with Crippen molar-refractivity contribution >= 4 is 5.97 Å². The highest BCUT2D eigenvalue weighted by atomic mass is 16.5. The molecule has 94 valence electrons. The first kappa shape index (κ1) is 13.4. The van der Waals surface area contributed by atoms with E-state index in [4.69, 9.17) is 14.6 Å². The first-order chi connectivity index (χ1) is 7.60. The molecule has 3 atom stereocenters. The molecule has 0 saturated carbocycles. The Bertz CT molecular complexity index is 220. The minimum atomic E-state index is -0.799. The normalized spacial score (nSPS) is 28.2. The van der Waals surface area contributed by atoms with Crippen molar-refractivity contribution in [1.82, 2.24) is 4.90 Å². The van der Waals surface area contributed by atoms with Crippen molar-refractivity contribution in [3.63, 3.8) is 0 Å². The second kappa shape index (κ2) is 6.18. The molecule has 1 fully saturated rings. The summed E-state index contributed by atoms with van der Waals surface area (Å²) < 4.78 is 11.1. The minimum absolute atomic E-state index is 0.00764. The van der Waals surface area contributed by atoms with Crippen LogP contribution >= 0.6 is 0 Å². The van der Waals surface area contributed by atoms with E-state index < -0.39 is 12.0 Å². The van der Waals surface area contributed by atoms with Crippen LogP contribution in [0.1, 0.15) is 20.8 Å². The lowest BCUT2D eigenvalue weighted by atomic mass is 10.2. The van der Waals surface area contributed by atoms with Crippen LogP contribution in [0, 0.1) is 0 Å². The summed E-state index contributed by atoms with van der Waals surface area (Å²) >= 11 is 0. The van der Waals surface area contributed by atoms with Crippen LogP contribution in [-0.4, -0.2) is 60.5 Å². The predicted octanol–water partition coefficient (Wildman–Crippen LogP) is 0.585. The molecular formula is C11H21NO4. The highest BCUT2D eigenvalue weighted by molar-refractivity contribution is 5.72. The third-order valence-corrected chi connectivity index (χ3v) is 2.91. The number of carbonyl (C=O) groups is 1. The quantitative estimate of drug-likeness (QED) is 0.725. The van der Waals surface area contributed by atoms with Gasteiger partial charge in [0.1, 0.15) is 6.04 Å². The van der Waals surface area contributed by atoms with Crippen molar-refractivity contribution in [3.05, 3.63) is 0 Å². The number of hydrogen-bond donors (Lipinski definition) is 1. The van der Waals surface area contributed by atoms with Gasteiger partial charge in [-0.3, -0.25) is 9.69 Å². The summed E-state index contributed by atoms with van der Waals surface area (Å²) in [7, 11) is 0. The van der Waals surface area contributed by atoms with Crippen LogP contribution in [0.4, 0.5) is 0 Å². The summed E-state index contributed by atoms with van der Waals surface area (Å²) in [4.78, 5) is 12.8. The van der Waals surface area contributed by atoms with E-state index in [1.807, 2.05) is 18.7 Å². The van der Waals surface area contributed by atoms with Crippen molar-refractivity contribution in [2.24, 2.45) is 0 Å². The molecular weight excluding hydrogens is 210 g/mol. The number of ether oxygens (including phenoxy) is 2. The van der Waals surface area contributed by atoms with Gasteiger partial charge in [0.05, 0.1) is 12.2 Å². The van der Waals surface area contributed by atoms with E-state index in [0.29, 0.717) is 26.3 Å². The monoisotopic (exact) mass is 231 g/mol. The number of carboxylic acid groups (broad SMARTS) is 1. The lowest BCUT2D eigenvalue weighted by molar-refractivity contribution is -0.142. The van der Waals surface area contributed by atoms with Crippen molar-refractivity contribution in [2.45, 2.75) is 39.0 Å². The number of nitrogens with zero attached hydrogens (tertiary/aromatic N) is 1. The Morgan fingerprint density at radius 2 is 1.75 bits per heavy atom. The standard InChI is InChI=1S/C11H21NO4/c1-4-15-9-6-12(8(3)11(13)14)7-10(9)16-5-2/h8-10H,4-7H2,1-3H3,(H,13,14)/t8-,9-,10+/m0/s1. The fourth-order valence-corrected chi connectivity index (χ4v) is 1.99. The molecule has 0 spiro atoms. The first-order valence-corrected chi connectivity index (χ1v) is 5.80. The average Bonchev–Trinajstić information content (AvgIpc) is 2.62. The lowest BCUT2D eigenvalue weighted by Gasteiger charge is -2.19. The largest absolute Gasteiger partial charge is 0.480 e. The Labute approximate surface area is 96.3 Å². The SMILES string of the molecule is CCO[C@H]1CN([C@@H](C)C(=O)O)C[C@H]1OCC. The second-order valence-electron chi connectivity index (χ2n) is 3.96. The molecule has 0 amide bonds. The van der Waals surface area contributed by atoms with Gasteiger partial charge in [0.25, 0.3) is 0 Å². The van der Waals surface area contributed by atoms with Gasteiger partial charge in [-0.2, -0.15) is 0 Å². The molecule has 0 aromatic carbocycles. The Balaban J connectivity index is 2.56. The Morgan fingerprint density at radius 1 is 1.31 bits per heavy atom. The zero-order chi connectivity index (χ0) is 12.1. The fraction of sp³-hybridized carbons (Fsp3) is 0.909. The van der Waals surface area contributed by atoms with Gasteiger partial charge in [0, 0.05) is 26.3 Å². The summed E-state index contributed by atoms with van der Waals surface area (Å²) in [5.41, 5.74) is 0.